The molecule has 3 rings (SSSR count). The molecule has 1 aliphatic carbocycles. The summed E-state index contributed by atoms with van der Waals surface area (Å²) < 4.78 is 2.78. The first-order valence-electron chi connectivity index (χ1n) is 6.89. The van der Waals surface area contributed by atoms with Crippen molar-refractivity contribution in [2.75, 3.05) is 5.32 Å². The number of fused-ring (bicyclic) bond motifs is 1. The number of nitrogens with zero attached hydrogens (tertiary/aromatic N) is 3. The monoisotopic (exact) mass is 322 g/mol. The molecule has 2 aromatic rings. The Bertz CT molecular complexity index is 570. The molecule has 102 valence electrons. The Morgan fingerprint density at radius 1 is 1.26 bits per heavy atom. The lowest BCUT2D eigenvalue weighted by atomic mass is 9.80. The number of halogens is 1. The number of pyridine rings is 1. The van der Waals surface area contributed by atoms with Crippen LogP contribution in [0.4, 0.5) is 5.95 Å². The quantitative estimate of drug-likeness (QED) is 0.916. The molecule has 4 nitrogen and oxygen atoms in total. The Hall–Kier alpha value is -1.10. The van der Waals surface area contributed by atoms with Crippen molar-refractivity contribution in [2.24, 2.45) is 11.8 Å². The van der Waals surface area contributed by atoms with Gasteiger partial charge >= 0.3 is 0 Å². The molecule has 2 heterocycles. The van der Waals surface area contributed by atoms with E-state index in [-0.39, 0.29) is 0 Å². The van der Waals surface area contributed by atoms with Crippen LogP contribution in [0, 0.1) is 11.8 Å². The second-order valence-electron chi connectivity index (χ2n) is 5.82. The van der Waals surface area contributed by atoms with Gasteiger partial charge in [-0.1, -0.05) is 13.8 Å². The van der Waals surface area contributed by atoms with Crippen molar-refractivity contribution < 1.29 is 0 Å². The molecular formula is C14H19BrN4. The summed E-state index contributed by atoms with van der Waals surface area (Å²) in [5.41, 5.74) is 0.863. The van der Waals surface area contributed by atoms with E-state index in [4.69, 9.17) is 0 Å². The zero-order valence-electron chi connectivity index (χ0n) is 11.3. The summed E-state index contributed by atoms with van der Waals surface area (Å²) >= 11 is 3.50. The molecular weight excluding hydrogens is 304 g/mol. The second-order valence-corrected chi connectivity index (χ2v) is 6.67. The third-order valence-electron chi connectivity index (χ3n) is 3.83. The average Bonchev–Trinajstić information content (AvgIpc) is 2.71. The Morgan fingerprint density at radius 2 is 2.00 bits per heavy atom. The highest BCUT2D eigenvalue weighted by molar-refractivity contribution is 9.10. The van der Waals surface area contributed by atoms with Gasteiger partial charge in [-0.15, -0.1) is 5.10 Å². The van der Waals surface area contributed by atoms with Crippen LogP contribution in [0.25, 0.3) is 5.65 Å². The molecule has 0 amide bonds. The molecule has 0 saturated heterocycles. The van der Waals surface area contributed by atoms with E-state index in [9.17, 15) is 0 Å². The molecule has 1 saturated carbocycles. The summed E-state index contributed by atoms with van der Waals surface area (Å²) in [6, 6.07) is 4.44. The van der Waals surface area contributed by atoms with Gasteiger partial charge in [0.25, 0.3) is 0 Å². The standard InChI is InChI=1S/C14H19BrN4/c1-9-6-10(2)8-11(7-9)16-14-17-13-12(15)4-3-5-19(13)18-14/h3-5,9-11H,6-8H2,1-2H3,(H,16,18). The molecule has 0 bridgehead atoms. The topological polar surface area (TPSA) is 42.2 Å². The Kier molecular flexibility index (Phi) is 3.48. The highest BCUT2D eigenvalue weighted by Crippen LogP contribution is 2.30. The van der Waals surface area contributed by atoms with E-state index in [1.807, 2.05) is 22.8 Å². The molecule has 1 fully saturated rings. The summed E-state index contributed by atoms with van der Waals surface area (Å²) in [6.07, 6.45) is 5.68. The molecule has 0 aliphatic heterocycles. The van der Waals surface area contributed by atoms with Crippen molar-refractivity contribution in [2.45, 2.75) is 39.2 Å². The van der Waals surface area contributed by atoms with Gasteiger partial charge in [-0.2, -0.15) is 4.98 Å². The second kappa shape index (κ2) is 5.12. The fraction of sp³-hybridized carbons (Fsp3) is 0.571. The molecule has 19 heavy (non-hydrogen) atoms. The minimum absolute atomic E-state index is 0.495. The summed E-state index contributed by atoms with van der Waals surface area (Å²) in [4.78, 5) is 4.55. The van der Waals surface area contributed by atoms with Crippen molar-refractivity contribution in [1.82, 2.24) is 14.6 Å². The molecule has 2 aromatic heterocycles. The van der Waals surface area contributed by atoms with Gasteiger partial charge in [0.15, 0.2) is 5.65 Å². The molecule has 1 aliphatic rings. The zero-order chi connectivity index (χ0) is 13.4. The minimum Gasteiger partial charge on any atom is -0.350 e. The largest absolute Gasteiger partial charge is 0.350 e. The maximum Gasteiger partial charge on any atom is 0.243 e. The molecule has 5 heteroatoms. The van der Waals surface area contributed by atoms with Gasteiger partial charge in [-0.3, -0.25) is 0 Å². The first-order chi connectivity index (χ1) is 9.11. The predicted molar refractivity (Wildman–Crippen MR) is 80.3 cm³/mol. The number of hydrogen-bond acceptors (Lipinski definition) is 3. The van der Waals surface area contributed by atoms with E-state index in [1.54, 1.807) is 0 Å². The number of rotatable bonds is 2. The van der Waals surface area contributed by atoms with Crippen LogP contribution >= 0.6 is 15.9 Å². The summed E-state index contributed by atoms with van der Waals surface area (Å²) in [5, 5.41) is 7.98. The van der Waals surface area contributed by atoms with E-state index in [1.165, 1.54) is 19.3 Å². The first kappa shape index (κ1) is 12.9. The van der Waals surface area contributed by atoms with Crippen molar-refractivity contribution in [3.8, 4) is 0 Å². The van der Waals surface area contributed by atoms with Crippen LogP contribution in [0.3, 0.4) is 0 Å². The molecule has 1 N–H and O–H groups in total. The first-order valence-corrected chi connectivity index (χ1v) is 7.68. The van der Waals surface area contributed by atoms with Crippen molar-refractivity contribution in [3.05, 3.63) is 22.8 Å². The van der Waals surface area contributed by atoms with Crippen LogP contribution in [0.5, 0.6) is 0 Å². The summed E-state index contributed by atoms with van der Waals surface area (Å²) in [7, 11) is 0. The Balaban J connectivity index is 1.79. The van der Waals surface area contributed by atoms with Crippen LogP contribution < -0.4 is 5.32 Å². The lowest BCUT2D eigenvalue weighted by Gasteiger charge is -2.31. The van der Waals surface area contributed by atoms with Crippen molar-refractivity contribution in [1.29, 1.82) is 0 Å². The van der Waals surface area contributed by atoms with Crippen LogP contribution in [0.1, 0.15) is 33.1 Å². The van der Waals surface area contributed by atoms with Gasteiger partial charge < -0.3 is 5.32 Å². The normalized spacial score (nSPS) is 27.6. The van der Waals surface area contributed by atoms with Gasteiger partial charge in [0.1, 0.15) is 0 Å². The number of hydrogen-bond donors (Lipinski definition) is 1. The van der Waals surface area contributed by atoms with Crippen LogP contribution in [0.15, 0.2) is 22.8 Å². The van der Waals surface area contributed by atoms with Crippen molar-refractivity contribution >= 4 is 27.5 Å². The lowest BCUT2D eigenvalue weighted by Crippen LogP contribution is -2.30. The smallest absolute Gasteiger partial charge is 0.243 e. The SMILES string of the molecule is CC1CC(C)CC(Nc2nc3c(Br)cccn3n2)C1. The Labute approximate surface area is 121 Å². The average molecular weight is 323 g/mol. The summed E-state index contributed by atoms with van der Waals surface area (Å²) in [6.45, 7) is 4.66. The number of anilines is 1. The van der Waals surface area contributed by atoms with Crippen LogP contribution in [-0.4, -0.2) is 20.6 Å². The van der Waals surface area contributed by atoms with E-state index in [0.717, 1.165) is 27.9 Å². The lowest BCUT2D eigenvalue weighted by molar-refractivity contribution is 0.280. The highest BCUT2D eigenvalue weighted by atomic mass is 79.9. The van der Waals surface area contributed by atoms with Crippen molar-refractivity contribution in [3.63, 3.8) is 0 Å². The molecule has 0 aromatic carbocycles. The van der Waals surface area contributed by atoms with Gasteiger partial charge in [-0.05, 0) is 59.2 Å². The number of aromatic nitrogens is 3. The van der Waals surface area contributed by atoms with E-state index in [2.05, 4.69) is 45.2 Å². The van der Waals surface area contributed by atoms with Crippen LogP contribution in [-0.2, 0) is 0 Å². The maximum atomic E-state index is 4.55. The zero-order valence-corrected chi connectivity index (χ0v) is 12.9. The molecule has 0 radical (unpaired) electrons. The van der Waals surface area contributed by atoms with Gasteiger partial charge in [0.2, 0.25) is 5.95 Å². The third kappa shape index (κ3) is 2.76. The predicted octanol–water partition coefficient (Wildman–Crippen LogP) is 3.73. The minimum atomic E-state index is 0.495. The summed E-state index contributed by atoms with van der Waals surface area (Å²) in [5.74, 6) is 2.30. The fourth-order valence-electron chi connectivity index (χ4n) is 3.18. The van der Waals surface area contributed by atoms with Gasteiger partial charge in [0, 0.05) is 12.2 Å². The fourth-order valence-corrected chi connectivity index (χ4v) is 3.61. The number of nitrogens with one attached hydrogen (secondary N) is 1. The van der Waals surface area contributed by atoms with Gasteiger partial charge in [0.05, 0.1) is 4.47 Å². The highest BCUT2D eigenvalue weighted by Gasteiger charge is 2.24. The maximum absolute atomic E-state index is 4.55. The van der Waals surface area contributed by atoms with E-state index >= 15 is 0 Å². The van der Waals surface area contributed by atoms with E-state index < -0.39 is 0 Å². The third-order valence-corrected chi connectivity index (χ3v) is 4.45. The van der Waals surface area contributed by atoms with Crippen LogP contribution in [0.2, 0.25) is 0 Å². The molecule has 0 spiro atoms. The van der Waals surface area contributed by atoms with E-state index in [0.29, 0.717) is 6.04 Å². The molecule has 2 unspecified atom stereocenters. The molecule has 2 atom stereocenters. The van der Waals surface area contributed by atoms with Gasteiger partial charge in [-0.25, -0.2) is 4.52 Å². The Morgan fingerprint density at radius 3 is 2.68 bits per heavy atom.